The van der Waals surface area contributed by atoms with Gasteiger partial charge in [0.15, 0.2) is 0 Å². The fourth-order valence-electron chi connectivity index (χ4n) is 4.01. The van der Waals surface area contributed by atoms with Gasteiger partial charge in [0.1, 0.15) is 11.5 Å². The zero-order valence-electron chi connectivity index (χ0n) is 17.7. The molecule has 0 bridgehead atoms. The molecule has 0 unspecified atom stereocenters. The van der Waals surface area contributed by atoms with Crippen LogP contribution in [0.3, 0.4) is 0 Å². The van der Waals surface area contributed by atoms with Crippen LogP contribution in [0.15, 0.2) is 78.5 Å². The Morgan fingerprint density at radius 1 is 0.871 bits per heavy atom. The number of halogens is 1. The molecule has 0 saturated heterocycles. The first-order chi connectivity index (χ1) is 14.9. The summed E-state index contributed by atoms with van der Waals surface area (Å²) in [4.78, 5) is 30.3. The Hall–Kier alpha value is -3.73. The number of hydrogen-bond acceptors (Lipinski definition) is 3. The van der Waals surface area contributed by atoms with Crippen LogP contribution in [-0.2, 0) is 9.59 Å². The molecule has 0 N–H and O–H groups in total. The van der Waals surface area contributed by atoms with Crippen molar-refractivity contribution in [1.82, 2.24) is 0 Å². The highest BCUT2D eigenvalue weighted by atomic mass is 19.1. The second-order valence-corrected chi connectivity index (χ2v) is 7.54. The van der Waals surface area contributed by atoms with Gasteiger partial charge in [-0.2, -0.15) is 0 Å². The van der Waals surface area contributed by atoms with Crippen molar-refractivity contribution in [2.75, 3.05) is 16.3 Å². The lowest BCUT2D eigenvalue weighted by atomic mass is 9.97. The van der Waals surface area contributed by atoms with Gasteiger partial charge < -0.3 is 4.90 Å². The van der Waals surface area contributed by atoms with Crippen LogP contribution in [-0.4, -0.2) is 18.4 Å². The van der Waals surface area contributed by atoms with E-state index >= 15 is 0 Å². The fourth-order valence-corrected chi connectivity index (χ4v) is 4.01. The highest BCUT2D eigenvalue weighted by Crippen LogP contribution is 2.37. The molecule has 0 saturated carbocycles. The summed E-state index contributed by atoms with van der Waals surface area (Å²) in [7, 11) is 0. The van der Waals surface area contributed by atoms with Gasteiger partial charge in [-0.25, -0.2) is 9.29 Å². The van der Waals surface area contributed by atoms with E-state index < -0.39 is 17.6 Å². The number of anilines is 2. The van der Waals surface area contributed by atoms with Crippen LogP contribution >= 0.6 is 0 Å². The minimum absolute atomic E-state index is 0.329. The summed E-state index contributed by atoms with van der Waals surface area (Å²) in [6.07, 6.45) is 0. The molecule has 0 atom stereocenters. The van der Waals surface area contributed by atoms with Crippen molar-refractivity contribution in [3.63, 3.8) is 0 Å². The molecule has 1 aliphatic heterocycles. The van der Waals surface area contributed by atoms with Gasteiger partial charge in [-0.3, -0.25) is 9.59 Å². The van der Waals surface area contributed by atoms with Crippen molar-refractivity contribution in [3.8, 4) is 0 Å². The van der Waals surface area contributed by atoms with Crippen molar-refractivity contribution >= 4 is 28.8 Å². The Morgan fingerprint density at radius 2 is 1.55 bits per heavy atom. The molecule has 0 aliphatic carbocycles. The topological polar surface area (TPSA) is 40.6 Å². The Bertz CT molecular complexity index is 1180. The molecular formula is C26H23FN2O2. The Labute approximate surface area is 181 Å². The molecule has 4 rings (SSSR count). The molecule has 0 aromatic heterocycles. The van der Waals surface area contributed by atoms with Crippen LogP contribution in [0, 0.1) is 19.7 Å². The third kappa shape index (κ3) is 3.63. The third-order valence-corrected chi connectivity index (χ3v) is 5.45. The molecule has 31 heavy (non-hydrogen) atoms. The van der Waals surface area contributed by atoms with E-state index in [9.17, 15) is 14.0 Å². The van der Waals surface area contributed by atoms with E-state index in [1.807, 2.05) is 74.2 Å². The number of imide groups is 1. The number of rotatable bonds is 5. The first kappa shape index (κ1) is 20.5. The average molecular weight is 414 g/mol. The summed E-state index contributed by atoms with van der Waals surface area (Å²) in [6, 6.07) is 20.7. The first-order valence-corrected chi connectivity index (χ1v) is 10.2. The number of hydrogen-bond donors (Lipinski definition) is 0. The maximum Gasteiger partial charge on any atom is 0.282 e. The zero-order chi connectivity index (χ0) is 22.1. The molecule has 0 radical (unpaired) electrons. The van der Waals surface area contributed by atoms with Crippen LogP contribution in [0.2, 0.25) is 0 Å². The van der Waals surface area contributed by atoms with Crippen LogP contribution < -0.4 is 9.80 Å². The first-order valence-electron chi connectivity index (χ1n) is 10.2. The summed E-state index contributed by atoms with van der Waals surface area (Å²) < 4.78 is 13.5. The maximum atomic E-state index is 13.6. The second kappa shape index (κ2) is 8.19. The molecule has 1 heterocycles. The summed E-state index contributed by atoms with van der Waals surface area (Å²) >= 11 is 0. The third-order valence-electron chi connectivity index (χ3n) is 5.45. The highest BCUT2D eigenvalue weighted by Gasteiger charge is 2.43. The second-order valence-electron chi connectivity index (χ2n) is 7.54. The molecule has 4 nitrogen and oxygen atoms in total. The molecule has 3 aromatic carbocycles. The average Bonchev–Trinajstić information content (AvgIpc) is 3.01. The van der Waals surface area contributed by atoms with Crippen molar-refractivity contribution < 1.29 is 14.0 Å². The molecule has 1 aliphatic rings. The van der Waals surface area contributed by atoms with Crippen molar-refractivity contribution in [2.24, 2.45) is 0 Å². The fraction of sp³-hybridized carbons (Fsp3) is 0.154. The number of likely N-dealkylation sites (N-methyl/N-ethyl adjacent to an activating group) is 1. The van der Waals surface area contributed by atoms with E-state index in [1.165, 1.54) is 24.3 Å². The van der Waals surface area contributed by atoms with Crippen LogP contribution in [0.4, 0.5) is 15.8 Å². The molecule has 156 valence electrons. The minimum Gasteiger partial charge on any atom is -0.337 e. The Balaban J connectivity index is 1.93. The smallest absolute Gasteiger partial charge is 0.282 e. The van der Waals surface area contributed by atoms with Crippen LogP contribution in [0.5, 0.6) is 0 Å². The van der Waals surface area contributed by atoms with Crippen molar-refractivity contribution in [2.45, 2.75) is 20.8 Å². The van der Waals surface area contributed by atoms with E-state index in [0.717, 1.165) is 27.3 Å². The molecule has 0 spiro atoms. The van der Waals surface area contributed by atoms with Gasteiger partial charge in [-0.15, -0.1) is 0 Å². The number of carbonyl (C=O) groups excluding carboxylic acids is 2. The quantitative estimate of drug-likeness (QED) is 0.535. The number of para-hydroxylation sites is 1. The lowest BCUT2D eigenvalue weighted by Crippen LogP contribution is -2.35. The van der Waals surface area contributed by atoms with Gasteiger partial charge in [0.25, 0.3) is 11.8 Å². The summed E-state index contributed by atoms with van der Waals surface area (Å²) in [5.74, 6) is -1.25. The number of carbonyl (C=O) groups is 2. The van der Waals surface area contributed by atoms with E-state index in [1.54, 1.807) is 0 Å². The normalized spacial score (nSPS) is 13.9. The number of nitrogens with zero attached hydrogens (tertiary/aromatic N) is 2. The van der Waals surface area contributed by atoms with Gasteiger partial charge in [0.05, 0.1) is 11.3 Å². The number of aryl methyl sites for hydroxylation is 2. The Kier molecular flexibility index (Phi) is 5.42. The molecule has 5 heteroatoms. The summed E-state index contributed by atoms with van der Waals surface area (Å²) in [6.45, 7) is 6.37. The van der Waals surface area contributed by atoms with E-state index in [0.29, 0.717) is 23.5 Å². The molecule has 3 aromatic rings. The van der Waals surface area contributed by atoms with Crippen molar-refractivity contribution in [3.05, 3.63) is 101 Å². The van der Waals surface area contributed by atoms with Gasteiger partial charge in [0, 0.05) is 12.2 Å². The monoisotopic (exact) mass is 414 g/mol. The summed E-state index contributed by atoms with van der Waals surface area (Å²) in [5, 5.41) is 0. The molecular weight excluding hydrogens is 391 g/mol. The van der Waals surface area contributed by atoms with Crippen LogP contribution in [0.1, 0.15) is 23.6 Å². The number of amides is 2. The largest absolute Gasteiger partial charge is 0.337 e. The minimum atomic E-state index is -0.426. The van der Waals surface area contributed by atoms with Gasteiger partial charge in [0.2, 0.25) is 0 Å². The maximum absolute atomic E-state index is 13.6. The number of benzene rings is 3. The lowest BCUT2D eigenvalue weighted by molar-refractivity contribution is -0.120. The predicted molar refractivity (Wildman–Crippen MR) is 121 cm³/mol. The summed E-state index contributed by atoms with van der Waals surface area (Å²) in [5.41, 5.74) is 4.57. The van der Waals surface area contributed by atoms with Gasteiger partial charge in [-0.1, -0.05) is 42.0 Å². The van der Waals surface area contributed by atoms with E-state index in [2.05, 4.69) is 0 Å². The zero-order valence-corrected chi connectivity index (χ0v) is 17.7. The SMILES string of the molecule is CCN(C1=C(c2ccc(C)cc2C)C(=O)N(c2ccc(F)cc2)C1=O)c1ccccc1. The molecule has 0 fully saturated rings. The lowest BCUT2D eigenvalue weighted by Gasteiger charge is -2.25. The van der Waals surface area contributed by atoms with Gasteiger partial charge in [-0.05, 0) is 68.3 Å². The van der Waals surface area contributed by atoms with Gasteiger partial charge >= 0.3 is 0 Å². The van der Waals surface area contributed by atoms with Crippen molar-refractivity contribution in [1.29, 1.82) is 0 Å². The van der Waals surface area contributed by atoms with Crippen LogP contribution in [0.25, 0.3) is 5.57 Å². The standard InChI is InChI=1S/C26H23FN2O2/c1-4-28(20-8-6-5-7-9-20)24-23(22-15-10-17(2)16-18(22)3)25(30)29(26(24)31)21-13-11-19(27)12-14-21/h5-16H,4H2,1-3H3. The van der Waals surface area contributed by atoms with E-state index in [4.69, 9.17) is 0 Å². The predicted octanol–water partition coefficient (Wildman–Crippen LogP) is 5.25. The highest BCUT2D eigenvalue weighted by molar-refractivity contribution is 6.46. The van der Waals surface area contributed by atoms with E-state index in [-0.39, 0.29) is 0 Å². The Morgan fingerprint density at radius 3 is 2.16 bits per heavy atom. The molecule has 2 amide bonds.